The van der Waals surface area contributed by atoms with E-state index in [1.807, 2.05) is 54.6 Å². The molecule has 2 heterocycles. The van der Waals surface area contributed by atoms with E-state index in [-0.39, 0.29) is 0 Å². The first kappa shape index (κ1) is 15.3. The standard InChI is InChI=1S/C17H14ClN7/c18-13-6-8-14(9-7-13)21-17-22-16(10-24-12-19-11-20-24)23-25(17)15-4-2-1-3-5-15/h1-9,11-12H,10H2,(H,21,22,23). The van der Waals surface area contributed by atoms with Crippen LogP contribution in [-0.2, 0) is 6.54 Å². The molecule has 0 saturated carbocycles. The van der Waals surface area contributed by atoms with E-state index in [1.165, 1.54) is 6.33 Å². The first-order chi connectivity index (χ1) is 12.3. The number of aromatic nitrogens is 6. The first-order valence-corrected chi connectivity index (χ1v) is 8.02. The molecule has 0 fully saturated rings. The quantitative estimate of drug-likeness (QED) is 0.597. The Balaban J connectivity index is 1.69. The SMILES string of the molecule is Clc1ccc(Nc2nc(Cn3cncn3)nn2-c2ccccc2)cc1. The minimum atomic E-state index is 0.440. The summed E-state index contributed by atoms with van der Waals surface area (Å²) >= 11 is 5.95. The molecular formula is C17H14ClN7. The van der Waals surface area contributed by atoms with Gasteiger partial charge in [0.2, 0.25) is 5.95 Å². The molecule has 0 radical (unpaired) electrons. The van der Waals surface area contributed by atoms with Crippen LogP contribution in [-0.4, -0.2) is 29.5 Å². The largest absolute Gasteiger partial charge is 0.324 e. The van der Waals surface area contributed by atoms with Gasteiger partial charge >= 0.3 is 0 Å². The zero-order valence-corrected chi connectivity index (χ0v) is 13.9. The Morgan fingerprint density at radius 2 is 1.80 bits per heavy atom. The third-order valence-electron chi connectivity index (χ3n) is 3.52. The van der Waals surface area contributed by atoms with Gasteiger partial charge in [-0.1, -0.05) is 29.8 Å². The van der Waals surface area contributed by atoms with Gasteiger partial charge in [0.05, 0.1) is 5.69 Å². The van der Waals surface area contributed by atoms with Crippen LogP contribution in [0.4, 0.5) is 11.6 Å². The smallest absolute Gasteiger partial charge is 0.230 e. The Bertz CT molecular complexity index is 947. The van der Waals surface area contributed by atoms with E-state index < -0.39 is 0 Å². The highest BCUT2D eigenvalue weighted by Crippen LogP contribution is 2.20. The van der Waals surface area contributed by atoms with Crippen molar-refractivity contribution in [2.24, 2.45) is 0 Å². The zero-order chi connectivity index (χ0) is 17.1. The summed E-state index contributed by atoms with van der Waals surface area (Å²) in [5.74, 6) is 1.24. The summed E-state index contributed by atoms with van der Waals surface area (Å²) in [5, 5.41) is 12.7. The van der Waals surface area contributed by atoms with Crippen LogP contribution in [0.1, 0.15) is 5.82 Å². The average molecular weight is 352 g/mol. The molecular weight excluding hydrogens is 338 g/mol. The van der Waals surface area contributed by atoms with Crippen molar-refractivity contribution in [3.8, 4) is 5.69 Å². The number of nitrogens with zero attached hydrogens (tertiary/aromatic N) is 6. The molecule has 0 aliphatic heterocycles. The molecule has 0 spiro atoms. The molecule has 0 bridgehead atoms. The lowest BCUT2D eigenvalue weighted by atomic mass is 10.3. The summed E-state index contributed by atoms with van der Waals surface area (Å²) in [5.41, 5.74) is 1.79. The third-order valence-corrected chi connectivity index (χ3v) is 3.77. The van der Waals surface area contributed by atoms with Gasteiger partial charge in [-0.05, 0) is 36.4 Å². The Morgan fingerprint density at radius 1 is 1.00 bits per heavy atom. The number of anilines is 2. The average Bonchev–Trinajstić information content (AvgIpc) is 3.28. The van der Waals surface area contributed by atoms with Gasteiger partial charge < -0.3 is 5.32 Å². The highest BCUT2D eigenvalue weighted by Gasteiger charge is 2.12. The van der Waals surface area contributed by atoms with Crippen molar-refractivity contribution in [1.29, 1.82) is 0 Å². The van der Waals surface area contributed by atoms with Crippen LogP contribution in [0.15, 0.2) is 67.3 Å². The molecule has 2 aromatic heterocycles. The molecule has 4 rings (SSSR count). The van der Waals surface area contributed by atoms with Crippen molar-refractivity contribution in [2.75, 3.05) is 5.32 Å². The number of hydrogen-bond donors (Lipinski definition) is 1. The fourth-order valence-corrected chi connectivity index (χ4v) is 2.50. The molecule has 0 amide bonds. The lowest BCUT2D eigenvalue weighted by molar-refractivity contribution is 0.650. The molecule has 0 aliphatic carbocycles. The van der Waals surface area contributed by atoms with Gasteiger partial charge in [0.25, 0.3) is 0 Å². The Labute approximate surface area is 148 Å². The minimum absolute atomic E-state index is 0.440. The van der Waals surface area contributed by atoms with Crippen LogP contribution < -0.4 is 5.32 Å². The van der Waals surface area contributed by atoms with Crippen molar-refractivity contribution < 1.29 is 0 Å². The van der Waals surface area contributed by atoms with Gasteiger partial charge in [0.15, 0.2) is 5.82 Å². The van der Waals surface area contributed by atoms with Crippen molar-refractivity contribution in [2.45, 2.75) is 6.54 Å². The van der Waals surface area contributed by atoms with Gasteiger partial charge in [0, 0.05) is 10.7 Å². The van der Waals surface area contributed by atoms with Gasteiger partial charge in [-0.3, -0.25) is 0 Å². The second-order valence-electron chi connectivity index (χ2n) is 5.32. The summed E-state index contributed by atoms with van der Waals surface area (Å²) < 4.78 is 3.44. The summed E-state index contributed by atoms with van der Waals surface area (Å²) in [6.07, 6.45) is 3.12. The summed E-state index contributed by atoms with van der Waals surface area (Å²) in [6.45, 7) is 0.440. The molecule has 124 valence electrons. The predicted molar refractivity (Wildman–Crippen MR) is 95.2 cm³/mol. The molecule has 0 unspecified atom stereocenters. The van der Waals surface area contributed by atoms with Gasteiger partial charge in [0.1, 0.15) is 19.2 Å². The van der Waals surface area contributed by atoms with Gasteiger partial charge in [-0.25, -0.2) is 9.67 Å². The lowest BCUT2D eigenvalue weighted by Crippen LogP contribution is -2.04. The summed E-state index contributed by atoms with van der Waals surface area (Å²) in [4.78, 5) is 8.54. The molecule has 25 heavy (non-hydrogen) atoms. The fourth-order valence-electron chi connectivity index (χ4n) is 2.37. The highest BCUT2D eigenvalue weighted by atomic mass is 35.5. The van der Waals surface area contributed by atoms with Crippen LogP contribution in [0.2, 0.25) is 5.02 Å². The van der Waals surface area contributed by atoms with E-state index in [9.17, 15) is 0 Å². The molecule has 7 nitrogen and oxygen atoms in total. The minimum Gasteiger partial charge on any atom is -0.324 e. The van der Waals surface area contributed by atoms with Gasteiger partial charge in [-0.2, -0.15) is 14.8 Å². The van der Waals surface area contributed by atoms with Crippen molar-refractivity contribution in [3.05, 3.63) is 78.1 Å². The predicted octanol–water partition coefficient (Wildman–Crippen LogP) is 3.30. The maximum Gasteiger partial charge on any atom is 0.230 e. The lowest BCUT2D eigenvalue weighted by Gasteiger charge is -2.08. The number of rotatable bonds is 5. The normalized spacial score (nSPS) is 10.8. The maximum absolute atomic E-state index is 5.95. The Hall–Kier alpha value is -3.19. The number of para-hydroxylation sites is 1. The molecule has 8 heteroatoms. The summed E-state index contributed by atoms with van der Waals surface area (Å²) in [7, 11) is 0. The topological polar surface area (TPSA) is 73.5 Å². The van der Waals surface area contributed by atoms with E-state index in [4.69, 9.17) is 11.6 Å². The molecule has 2 aromatic carbocycles. The first-order valence-electron chi connectivity index (χ1n) is 7.64. The number of benzene rings is 2. The van der Waals surface area contributed by atoms with E-state index in [1.54, 1.807) is 15.7 Å². The van der Waals surface area contributed by atoms with Crippen LogP contribution >= 0.6 is 11.6 Å². The number of nitrogens with one attached hydrogen (secondary N) is 1. The maximum atomic E-state index is 5.95. The van der Waals surface area contributed by atoms with E-state index in [2.05, 4.69) is 25.5 Å². The van der Waals surface area contributed by atoms with E-state index >= 15 is 0 Å². The second-order valence-corrected chi connectivity index (χ2v) is 5.76. The van der Waals surface area contributed by atoms with Crippen molar-refractivity contribution >= 4 is 23.2 Å². The van der Waals surface area contributed by atoms with Crippen molar-refractivity contribution in [1.82, 2.24) is 29.5 Å². The van der Waals surface area contributed by atoms with Crippen LogP contribution in [0.3, 0.4) is 0 Å². The van der Waals surface area contributed by atoms with Crippen LogP contribution in [0.5, 0.6) is 0 Å². The zero-order valence-electron chi connectivity index (χ0n) is 13.1. The monoisotopic (exact) mass is 351 g/mol. The molecule has 0 saturated heterocycles. The second kappa shape index (κ2) is 6.74. The Kier molecular flexibility index (Phi) is 4.14. The number of hydrogen-bond acceptors (Lipinski definition) is 5. The Morgan fingerprint density at radius 3 is 2.52 bits per heavy atom. The molecule has 1 N–H and O–H groups in total. The molecule has 0 aliphatic rings. The number of halogens is 1. The van der Waals surface area contributed by atoms with Crippen LogP contribution in [0.25, 0.3) is 5.69 Å². The molecule has 4 aromatic rings. The van der Waals surface area contributed by atoms with Crippen LogP contribution in [0, 0.1) is 0 Å². The van der Waals surface area contributed by atoms with E-state index in [0.29, 0.717) is 23.3 Å². The highest BCUT2D eigenvalue weighted by molar-refractivity contribution is 6.30. The van der Waals surface area contributed by atoms with Gasteiger partial charge in [-0.15, -0.1) is 5.10 Å². The van der Waals surface area contributed by atoms with E-state index in [0.717, 1.165) is 11.4 Å². The molecule has 0 atom stereocenters. The summed E-state index contributed by atoms with van der Waals surface area (Å²) in [6, 6.07) is 17.3. The van der Waals surface area contributed by atoms with Crippen molar-refractivity contribution in [3.63, 3.8) is 0 Å². The fraction of sp³-hybridized carbons (Fsp3) is 0.0588. The third kappa shape index (κ3) is 3.51.